The normalized spacial score (nSPS) is 10.3. The van der Waals surface area contributed by atoms with Crippen molar-refractivity contribution in [2.45, 2.75) is 19.9 Å². The number of aromatic nitrogens is 1. The lowest BCUT2D eigenvalue weighted by Gasteiger charge is -2.04. The largest absolute Gasteiger partial charge is 0.446 e. The highest BCUT2D eigenvalue weighted by Gasteiger charge is 2.07. The van der Waals surface area contributed by atoms with E-state index < -0.39 is 0 Å². The lowest BCUT2D eigenvalue weighted by Crippen LogP contribution is -2.24. The first-order valence-corrected chi connectivity index (χ1v) is 5.93. The molecule has 0 aliphatic heterocycles. The van der Waals surface area contributed by atoms with Crippen molar-refractivity contribution in [2.24, 2.45) is 0 Å². The minimum Gasteiger partial charge on any atom is -0.446 e. The zero-order chi connectivity index (χ0) is 13.0. The van der Waals surface area contributed by atoms with Crippen molar-refractivity contribution in [3.63, 3.8) is 0 Å². The van der Waals surface area contributed by atoms with Gasteiger partial charge in [-0.05, 0) is 24.6 Å². The van der Waals surface area contributed by atoms with Crippen molar-refractivity contribution in [1.82, 2.24) is 10.3 Å². The Labute approximate surface area is 110 Å². The van der Waals surface area contributed by atoms with Crippen LogP contribution in [0, 0.1) is 6.92 Å². The van der Waals surface area contributed by atoms with Crippen molar-refractivity contribution in [1.29, 1.82) is 0 Å². The van der Waals surface area contributed by atoms with Gasteiger partial charge in [0.25, 0.3) is 0 Å². The number of amides is 1. The van der Waals surface area contributed by atoms with Crippen molar-refractivity contribution >= 4 is 17.5 Å². The maximum Gasteiger partial charge on any atom is 0.224 e. The van der Waals surface area contributed by atoms with Gasteiger partial charge in [0.15, 0.2) is 6.39 Å². The summed E-state index contributed by atoms with van der Waals surface area (Å²) in [6.07, 6.45) is 1.67. The molecule has 1 amide bonds. The summed E-state index contributed by atoms with van der Waals surface area (Å²) >= 11 is 5.85. The number of halogens is 1. The summed E-state index contributed by atoms with van der Waals surface area (Å²) in [5.74, 6) is 0.600. The van der Waals surface area contributed by atoms with Gasteiger partial charge in [0.2, 0.25) is 5.91 Å². The second-order valence-electron chi connectivity index (χ2n) is 3.94. The van der Waals surface area contributed by atoms with Crippen LogP contribution in [0.4, 0.5) is 0 Å². The Hall–Kier alpha value is -1.81. The van der Waals surface area contributed by atoms with Gasteiger partial charge in [0.1, 0.15) is 5.76 Å². The minimum absolute atomic E-state index is 0.0759. The summed E-state index contributed by atoms with van der Waals surface area (Å²) in [7, 11) is 0. The molecule has 1 heterocycles. The summed E-state index contributed by atoms with van der Waals surface area (Å²) < 4.78 is 5.14. The molecular formula is C13H13ClN2O2. The smallest absolute Gasteiger partial charge is 0.224 e. The number of nitrogens with one attached hydrogen (secondary N) is 1. The lowest BCUT2D eigenvalue weighted by molar-refractivity contribution is -0.120. The molecule has 0 aliphatic rings. The summed E-state index contributed by atoms with van der Waals surface area (Å²) in [4.78, 5) is 15.7. The fourth-order valence-corrected chi connectivity index (χ4v) is 1.78. The van der Waals surface area contributed by atoms with E-state index in [0.717, 1.165) is 11.3 Å². The molecule has 0 bridgehead atoms. The molecule has 2 rings (SSSR count). The first-order valence-electron chi connectivity index (χ1n) is 5.55. The van der Waals surface area contributed by atoms with Crippen LogP contribution in [0.3, 0.4) is 0 Å². The van der Waals surface area contributed by atoms with Crippen LogP contribution in [0.15, 0.2) is 35.1 Å². The standard InChI is InChI=1S/C13H13ClN2O2/c1-9-12(18-8-16-9)7-15-13(17)6-10-3-2-4-11(14)5-10/h2-5,8H,6-7H2,1H3,(H,15,17). The van der Waals surface area contributed by atoms with Crippen molar-refractivity contribution in [3.05, 3.63) is 52.7 Å². The lowest BCUT2D eigenvalue weighted by atomic mass is 10.1. The SMILES string of the molecule is Cc1ncoc1CNC(=O)Cc1cccc(Cl)c1. The molecule has 1 aromatic carbocycles. The average Bonchev–Trinajstić information content (AvgIpc) is 2.72. The van der Waals surface area contributed by atoms with Crippen molar-refractivity contribution < 1.29 is 9.21 Å². The van der Waals surface area contributed by atoms with Crippen LogP contribution in [-0.2, 0) is 17.8 Å². The van der Waals surface area contributed by atoms with Gasteiger partial charge in [0.05, 0.1) is 18.7 Å². The number of rotatable bonds is 4. The van der Waals surface area contributed by atoms with Gasteiger partial charge in [-0.25, -0.2) is 4.98 Å². The van der Waals surface area contributed by atoms with E-state index >= 15 is 0 Å². The number of carbonyl (C=O) groups is 1. The second kappa shape index (κ2) is 5.69. The van der Waals surface area contributed by atoms with Crippen LogP contribution < -0.4 is 5.32 Å². The molecule has 0 spiro atoms. The molecule has 18 heavy (non-hydrogen) atoms. The Morgan fingerprint density at radius 2 is 2.33 bits per heavy atom. The fraction of sp³-hybridized carbons (Fsp3) is 0.231. The van der Waals surface area contributed by atoms with E-state index in [-0.39, 0.29) is 5.91 Å². The predicted octanol–water partition coefficient (Wildman–Crippen LogP) is 2.50. The molecule has 0 atom stereocenters. The fourth-order valence-electron chi connectivity index (χ4n) is 1.57. The number of nitrogens with zero attached hydrogens (tertiary/aromatic N) is 1. The number of carbonyl (C=O) groups excluding carboxylic acids is 1. The van der Waals surface area contributed by atoms with Crippen LogP contribution in [0.2, 0.25) is 5.02 Å². The monoisotopic (exact) mass is 264 g/mol. The highest BCUT2D eigenvalue weighted by atomic mass is 35.5. The average molecular weight is 265 g/mol. The second-order valence-corrected chi connectivity index (χ2v) is 4.38. The number of benzene rings is 1. The molecule has 0 unspecified atom stereocenters. The molecule has 5 heteroatoms. The third-order valence-electron chi connectivity index (χ3n) is 2.54. The summed E-state index contributed by atoms with van der Waals surface area (Å²) in [5.41, 5.74) is 1.67. The molecule has 1 aromatic heterocycles. The van der Waals surface area contributed by atoms with Gasteiger partial charge in [-0.3, -0.25) is 4.79 Å². The summed E-state index contributed by atoms with van der Waals surface area (Å²) in [6.45, 7) is 2.19. The molecule has 0 saturated heterocycles. The van der Waals surface area contributed by atoms with E-state index in [1.54, 1.807) is 12.1 Å². The van der Waals surface area contributed by atoms with E-state index in [9.17, 15) is 4.79 Å². The summed E-state index contributed by atoms with van der Waals surface area (Å²) in [6, 6.07) is 7.25. The van der Waals surface area contributed by atoms with E-state index in [0.29, 0.717) is 23.7 Å². The third-order valence-corrected chi connectivity index (χ3v) is 2.78. The van der Waals surface area contributed by atoms with Crippen LogP contribution >= 0.6 is 11.6 Å². The molecule has 0 saturated carbocycles. The van der Waals surface area contributed by atoms with Crippen LogP contribution in [0.1, 0.15) is 17.0 Å². The first-order chi connectivity index (χ1) is 8.65. The summed E-state index contributed by atoms with van der Waals surface area (Å²) in [5, 5.41) is 3.41. The quantitative estimate of drug-likeness (QED) is 0.923. The van der Waals surface area contributed by atoms with Gasteiger partial charge >= 0.3 is 0 Å². The van der Waals surface area contributed by atoms with Crippen molar-refractivity contribution in [2.75, 3.05) is 0 Å². The number of aryl methyl sites for hydroxylation is 1. The van der Waals surface area contributed by atoms with E-state index in [4.69, 9.17) is 16.0 Å². The van der Waals surface area contributed by atoms with Crippen molar-refractivity contribution in [3.8, 4) is 0 Å². The number of hydrogen-bond acceptors (Lipinski definition) is 3. The Kier molecular flexibility index (Phi) is 3.99. The van der Waals surface area contributed by atoms with E-state index in [1.807, 2.05) is 19.1 Å². The Balaban J connectivity index is 1.88. The first kappa shape index (κ1) is 12.6. The molecule has 94 valence electrons. The minimum atomic E-state index is -0.0759. The zero-order valence-corrected chi connectivity index (χ0v) is 10.7. The van der Waals surface area contributed by atoms with Gasteiger partial charge in [-0.1, -0.05) is 23.7 Å². The van der Waals surface area contributed by atoms with Crippen LogP contribution in [-0.4, -0.2) is 10.9 Å². The third kappa shape index (κ3) is 3.34. The van der Waals surface area contributed by atoms with E-state index in [2.05, 4.69) is 10.3 Å². The Morgan fingerprint density at radius 3 is 3.00 bits per heavy atom. The molecule has 0 aliphatic carbocycles. The van der Waals surface area contributed by atoms with Gasteiger partial charge in [0, 0.05) is 5.02 Å². The number of hydrogen-bond donors (Lipinski definition) is 1. The highest BCUT2D eigenvalue weighted by molar-refractivity contribution is 6.30. The molecule has 2 aromatic rings. The van der Waals surface area contributed by atoms with Gasteiger partial charge < -0.3 is 9.73 Å². The topological polar surface area (TPSA) is 55.1 Å². The van der Waals surface area contributed by atoms with Crippen LogP contribution in [0.5, 0.6) is 0 Å². The van der Waals surface area contributed by atoms with Gasteiger partial charge in [-0.2, -0.15) is 0 Å². The molecular weight excluding hydrogens is 252 g/mol. The molecule has 0 radical (unpaired) electrons. The maximum atomic E-state index is 11.7. The van der Waals surface area contributed by atoms with E-state index in [1.165, 1.54) is 6.39 Å². The Morgan fingerprint density at radius 1 is 1.50 bits per heavy atom. The Bertz CT molecular complexity index is 551. The molecule has 4 nitrogen and oxygen atoms in total. The predicted molar refractivity (Wildman–Crippen MR) is 68.2 cm³/mol. The zero-order valence-electron chi connectivity index (χ0n) is 9.94. The highest BCUT2D eigenvalue weighted by Crippen LogP contribution is 2.11. The van der Waals surface area contributed by atoms with Gasteiger partial charge in [-0.15, -0.1) is 0 Å². The maximum absolute atomic E-state index is 11.7. The van der Waals surface area contributed by atoms with Crippen LogP contribution in [0.25, 0.3) is 0 Å². The molecule has 1 N–H and O–H groups in total. The number of oxazole rings is 1. The molecule has 0 fully saturated rings.